The van der Waals surface area contributed by atoms with Crippen LogP contribution in [0.25, 0.3) is 0 Å². The van der Waals surface area contributed by atoms with E-state index in [1.54, 1.807) is 4.90 Å². The van der Waals surface area contributed by atoms with Crippen molar-refractivity contribution in [2.45, 2.75) is 52.7 Å². The normalized spacial score (nSPS) is 20.7. The second kappa shape index (κ2) is 7.11. The molecule has 0 aromatic rings. The van der Waals surface area contributed by atoms with Gasteiger partial charge in [0, 0.05) is 25.7 Å². The van der Waals surface area contributed by atoms with Crippen molar-refractivity contribution < 1.29 is 19.4 Å². The van der Waals surface area contributed by atoms with Crippen LogP contribution in [0.15, 0.2) is 0 Å². The zero-order chi connectivity index (χ0) is 16.2. The molecule has 21 heavy (non-hydrogen) atoms. The summed E-state index contributed by atoms with van der Waals surface area (Å²) in [7, 11) is 0. The monoisotopic (exact) mass is 300 g/mol. The van der Waals surface area contributed by atoms with Crippen LogP contribution in [-0.2, 0) is 9.53 Å². The molecule has 0 radical (unpaired) electrons. The predicted octanol–water partition coefficient (Wildman–Crippen LogP) is 2.04. The molecule has 0 spiro atoms. The van der Waals surface area contributed by atoms with Crippen molar-refractivity contribution >= 4 is 12.1 Å². The molecule has 1 heterocycles. The summed E-state index contributed by atoms with van der Waals surface area (Å²) in [6.45, 7) is 11.4. The molecule has 1 amide bonds. The van der Waals surface area contributed by atoms with Crippen LogP contribution in [0.5, 0.6) is 0 Å². The zero-order valence-electron chi connectivity index (χ0n) is 13.8. The van der Waals surface area contributed by atoms with Crippen LogP contribution in [0.4, 0.5) is 4.79 Å². The lowest BCUT2D eigenvalue weighted by Crippen LogP contribution is -2.56. The van der Waals surface area contributed by atoms with E-state index in [4.69, 9.17) is 9.84 Å². The van der Waals surface area contributed by atoms with Crippen LogP contribution in [0.3, 0.4) is 0 Å². The van der Waals surface area contributed by atoms with E-state index in [-0.39, 0.29) is 18.7 Å². The number of rotatable bonds is 4. The molecule has 0 saturated carbocycles. The SMILES string of the molecule is CC(C)C[C@H]1CN(C(=O)OC(C)(C)C)CCN1CC(=O)O. The first-order valence-electron chi connectivity index (χ1n) is 7.52. The van der Waals surface area contributed by atoms with Gasteiger partial charge in [-0.05, 0) is 33.1 Å². The third-order valence-electron chi connectivity index (χ3n) is 3.34. The molecule has 1 aliphatic rings. The lowest BCUT2D eigenvalue weighted by molar-refractivity contribution is -0.139. The molecule has 1 saturated heterocycles. The van der Waals surface area contributed by atoms with Crippen LogP contribution in [0, 0.1) is 5.92 Å². The molecule has 1 atom stereocenters. The Kier molecular flexibility index (Phi) is 6.01. The van der Waals surface area contributed by atoms with Gasteiger partial charge in [-0.15, -0.1) is 0 Å². The minimum absolute atomic E-state index is 0.0273. The number of piperazine rings is 1. The van der Waals surface area contributed by atoms with E-state index in [1.165, 1.54) is 0 Å². The maximum Gasteiger partial charge on any atom is 0.410 e. The van der Waals surface area contributed by atoms with Gasteiger partial charge in [0.15, 0.2) is 0 Å². The second-order valence-electron chi connectivity index (χ2n) is 7.07. The molecule has 0 unspecified atom stereocenters. The quantitative estimate of drug-likeness (QED) is 0.860. The van der Waals surface area contributed by atoms with E-state index >= 15 is 0 Å². The summed E-state index contributed by atoms with van der Waals surface area (Å²) in [4.78, 5) is 26.7. The summed E-state index contributed by atoms with van der Waals surface area (Å²) >= 11 is 0. The van der Waals surface area contributed by atoms with E-state index in [2.05, 4.69) is 13.8 Å². The maximum absolute atomic E-state index is 12.1. The summed E-state index contributed by atoms with van der Waals surface area (Å²) in [5.41, 5.74) is -0.511. The lowest BCUT2D eigenvalue weighted by atomic mass is 10.00. The number of carboxylic acid groups (broad SMARTS) is 1. The second-order valence-corrected chi connectivity index (χ2v) is 7.07. The molecule has 6 nitrogen and oxygen atoms in total. The highest BCUT2D eigenvalue weighted by Crippen LogP contribution is 2.19. The minimum Gasteiger partial charge on any atom is -0.480 e. The number of aliphatic carboxylic acids is 1. The Hall–Kier alpha value is -1.30. The molecule has 1 rings (SSSR count). The van der Waals surface area contributed by atoms with Gasteiger partial charge in [-0.3, -0.25) is 9.69 Å². The number of nitrogens with zero attached hydrogens (tertiary/aromatic N) is 2. The minimum atomic E-state index is -0.825. The van der Waals surface area contributed by atoms with Crippen molar-refractivity contribution in [3.05, 3.63) is 0 Å². The Morgan fingerprint density at radius 3 is 2.38 bits per heavy atom. The number of hydrogen-bond acceptors (Lipinski definition) is 4. The fourth-order valence-corrected chi connectivity index (χ4v) is 2.53. The smallest absolute Gasteiger partial charge is 0.410 e. The summed E-state index contributed by atoms with van der Waals surface area (Å²) in [6, 6.07) is 0.0716. The summed E-state index contributed by atoms with van der Waals surface area (Å²) in [6.07, 6.45) is 0.554. The Morgan fingerprint density at radius 1 is 1.29 bits per heavy atom. The molecule has 0 aliphatic carbocycles. The van der Waals surface area contributed by atoms with Crippen molar-refractivity contribution in [1.29, 1.82) is 0 Å². The number of amides is 1. The Morgan fingerprint density at radius 2 is 1.90 bits per heavy atom. The molecular weight excluding hydrogens is 272 g/mol. The Bertz CT molecular complexity index is 376. The molecule has 6 heteroatoms. The first-order chi connectivity index (χ1) is 9.58. The van der Waals surface area contributed by atoms with Crippen LogP contribution < -0.4 is 0 Å². The zero-order valence-corrected chi connectivity index (χ0v) is 13.8. The van der Waals surface area contributed by atoms with E-state index < -0.39 is 11.6 Å². The van der Waals surface area contributed by atoms with Crippen molar-refractivity contribution in [3.63, 3.8) is 0 Å². The van der Waals surface area contributed by atoms with Crippen molar-refractivity contribution in [1.82, 2.24) is 9.80 Å². The number of carbonyl (C=O) groups excluding carboxylic acids is 1. The highest BCUT2D eigenvalue weighted by molar-refractivity contribution is 5.70. The van der Waals surface area contributed by atoms with Gasteiger partial charge < -0.3 is 14.7 Å². The average molecular weight is 300 g/mol. The van der Waals surface area contributed by atoms with E-state index in [0.717, 1.165) is 6.42 Å². The van der Waals surface area contributed by atoms with E-state index in [0.29, 0.717) is 25.6 Å². The topological polar surface area (TPSA) is 70.1 Å². The Balaban J connectivity index is 2.69. The molecule has 1 N–H and O–H groups in total. The first-order valence-corrected chi connectivity index (χ1v) is 7.52. The third-order valence-corrected chi connectivity index (χ3v) is 3.34. The fraction of sp³-hybridized carbons (Fsp3) is 0.867. The third kappa shape index (κ3) is 6.33. The van der Waals surface area contributed by atoms with Gasteiger partial charge in [0.1, 0.15) is 5.60 Å². The van der Waals surface area contributed by atoms with Gasteiger partial charge >= 0.3 is 12.1 Å². The first kappa shape index (κ1) is 17.8. The number of hydrogen-bond donors (Lipinski definition) is 1. The Labute approximate surface area is 127 Å². The molecule has 122 valence electrons. The van der Waals surface area contributed by atoms with E-state index in [1.807, 2.05) is 25.7 Å². The van der Waals surface area contributed by atoms with Crippen LogP contribution in [0.1, 0.15) is 41.0 Å². The van der Waals surface area contributed by atoms with Crippen molar-refractivity contribution in [2.24, 2.45) is 5.92 Å². The van der Waals surface area contributed by atoms with E-state index in [9.17, 15) is 9.59 Å². The van der Waals surface area contributed by atoms with Crippen molar-refractivity contribution in [3.8, 4) is 0 Å². The van der Waals surface area contributed by atoms with Crippen LogP contribution >= 0.6 is 0 Å². The standard InChI is InChI=1S/C15H28N2O4/c1-11(2)8-12-9-17(14(20)21-15(3,4)5)7-6-16(12)10-13(18)19/h11-12H,6-10H2,1-5H3,(H,18,19)/t12-/m0/s1. The van der Waals surface area contributed by atoms with Gasteiger partial charge in [0.25, 0.3) is 0 Å². The summed E-state index contributed by atoms with van der Waals surface area (Å²) in [5, 5.41) is 9.00. The number of carbonyl (C=O) groups is 2. The van der Waals surface area contributed by atoms with Gasteiger partial charge in [-0.2, -0.15) is 0 Å². The predicted molar refractivity (Wildman–Crippen MR) is 80.3 cm³/mol. The maximum atomic E-state index is 12.1. The molecule has 0 aromatic carbocycles. The molecule has 1 aliphatic heterocycles. The lowest BCUT2D eigenvalue weighted by Gasteiger charge is -2.41. The molecular formula is C15H28N2O4. The van der Waals surface area contributed by atoms with Gasteiger partial charge in [0.05, 0.1) is 6.54 Å². The highest BCUT2D eigenvalue weighted by atomic mass is 16.6. The average Bonchev–Trinajstić information content (AvgIpc) is 2.27. The van der Waals surface area contributed by atoms with Gasteiger partial charge in [0.2, 0.25) is 0 Å². The largest absolute Gasteiger partial charge is 0.480 e. The number of carboxylic acids is 1. The van der Waals surface area contributed by atoms with Gasteiger partial charge in [-0.1, -0.05) is 13.8 Å². The molecule has 0 aromatic heterocycles. The summed E-state index contributed by atoms with van der Waals surface area (Å²) < 4.78 is 5.40. The fourth-order valence-electron chi connectivity index (χ4n) is 2.53. The summed E-state index contributed by atoms with van der Waals surface area (Å²) in [5.74, 6) is -0.376. The van der Waals surface area contributed by atoms with Crippen LogP contribution in [-0.4, -0.2) is 64.8 Å². The highest BCUT2D eigenvalue weighted by Gasteiger charge is 2.32. The number of ether oxygens (including phenoxy) is 1. The molecule has 1 fully saturated rings. The van der Waals surface area contributed by atoms with Gasteiger partial charge in [-0.25, -0.2) is 4.79 Å². The van der Waals surface area contributed by atoms with Crippen molar-refractivity contribution in [2.75, 3.05) is 26.2 Å². The van der Waals surface area contributed by atoms with Crippen LogP contribution in [0.2, 0.25) is 0 Å². The molecule has 0 bridgehead atoms.